The van der Waals surface area contributed by atoms with Crippen LogP contribution in [0.25, 0.3) is 11.0 Å². The van der Waals surface area contributed by atoms with Crippen LogP contribution in [0.5, 0.6) is 0 Å². The quantitative estimate of drug-likeness (QED) is 0.722. The largest absolute Gasteiger partial charge is 0.342 e. The molecule has 5 nitrogen and oxygen atoms in total. The molecule has 0 aliphatic carbocycles. The van der Waals surface area contributed by atoms with E-state index >= 15 is 0 Å². The zero-order chi connectivity index (χ0) is 15.7. The van der Waals surface area contributed by atoms with Gasteiger partial charge in [-0.15, -0.1) is 11.3 Å². The molecule has 2 heterocycles. The van der Waals surface area contributed by atoms with E-state index in [0.29, 0.717) is 16.1 Å². The van der Waals surface area contributed by atoms with Crippen molar-refractivity contribution in [1.82, 2.24) is 9.97 Å². The van der Waals surface area contributed by atoms with Gasteiger partial charge in [0.05, 0.1) is 21.5 Å². The first-order chi connectivity index (χ1) is 10.6. The van der Waals surface area contributed by atoms with Crippen molar-refractivity contribution in [2.45, 2.75) is 20.3 Å². The highest BCUT2D eigenvalue weighted by Crippen LogP contribution is 2.20. The van der Waals surface area contributed by atoms with E-state index in [-0.39, 0.29) is 11.7 Å². The van der Waals surface area contributed by atoms with Crippen molar-refractivity contribution in [2.24, 2.45) is 0 Å². The van der Waals surface area contributed by atoms with Gasteiger partial charge in [-0.25, -0.2) is 4.98 Å². The zero-order valence-corrected chi connectivity index (χ0v) is 13.1. The standard InChI is InChI=1S/C16H15N3O2S/c1-3-15-18-12-5-4-11(7-13(12)19-15)17-16(21)10-6-14(9(2)20)22-8-10/h4-8H,3H2,1-2H3,(H,17,21)(H,18,19). The van der Waals surface area contributed by atoms with Gasteiger partial charge in [-0.05, 0) is 31.2 Å². The molecule has 6 heteroatoms. The van der Waals surface area contributed by atoms with Crippen molar-refractivity contribution >= 4 is 39.7 Å². The van der Waals surface area contributed by atoms with Crippen LogP contribution in [0.1, 0.15) is 39.7 Å². The van der Waals surface area contributed by atoms with Crippen LogP contribution in [0.4, 0.5) is 5.69 Å². The molecule has 0 aliphatic rings. The third kappa shape index (κ3) is 2.78. The summed E-state index contributed by atoms with van der Waals surface area (Å²) < 4.78 is 0. The van der Waals surface area contributed by atoms with Crippen molar-refractivity contribution in [1.29, 1.82) is 0 Å². The van der Waals surface area contributed by atoms with Gasteiger partial charge in [0.15, 0.2) is 5.78 Å². The van der Waals surface area contributed by atoms with Gasteiger partial charge < -0.3 is 10.3 Å². The zero-order valence-electron chi connectivity index (χ0n) is 12.3. The van der Waals surface area contributed by atoms with Gasteiger partial charge in [0.2, 0.25) is 0 Å². The van der Waals surface area contributed by atoms with E-state index in [2.05, 4.69) is 15.3 Å². The molecule has 2 N–H and O–H groups in total. The second-order valence-electron chi connectivity index (χ2n) is 4.98. The number of benzene rings is 1. The van der Waals surface area contributed by atoms with Crippen molar-refractivity contribution in [3.8, 4) is 0 Å². The predicted octanol–water partition coefficient (Wildman–Crippen LogP) is 3.64. The van der Waals surface area contributed by atoms with Crippen LogP contribution >= 0.6 is 11.3 Å². The maximum absolute atomic E-state index is 12.2. The lowest BCUT2D eigenvalue weighted by molar-refractivity contribution is 0.102. The second-order valence-corrected chi connectivity index (χ2v) is 5.89. The van der Waals surface area contributed by atoms with Gasteiger partial charge in [-0.3, -0.25) is 9.59 Å². The molecule has 22 heavy (non-hydrogen) atoms. The monoisotopic (exact) mass is 313 g/mol. The molecule has 0 spiro atoms. The third-order valence-corrected chi connectivity index (χ3v) is 4.36. The van der Waals surface area contributed by atoms with E-state index in [0.717, 1.165) is 23.3 Å². The number of H-pyrrole nitrogens is 1. The summed E-state index contributed by atoms with van der Waals surface area (Å²) in [7, 11) is 0. The number of fused-ring (bicyclic) bond motifs is 1. The highest BCUT2D eigenvalue weighted by atomic mass is 32.1. The number of rotatable bonds is 4. The Morgan fingerprint density at radius 3 is 2.82 bits per heavy atom. The Kier molecular flexibility index (Phi) is 3.77. The van der Waals surface area contributed by atoms with Gasteiger partial charge in [0, 0.05) is 17.5 Å². The highest BCUT2D eigenvalue weighted by Gasteiger charge is 2.12. The highest BCUT2D eigenvalue weighted by molar-refractivity contribution is 7.12. The Morgan fingerprint density at radius 1 is 1.32 bits per heavy atom. The van der Waals surface area contributed by atoms with Crippen LogP contribution in [-0.2, 0) is 6.42 Å². The van der Waals surface area contributed by atoms with Crippen molar-refractivity contribution in [2.75, 3.05) is 5.32 Å². The van der Waals surface area contributed by atoms with Crippen LogP contribution < -0.4 is 5.32 Å². The summed E-state index contributed by atoms with van der Waals surface area (Å²) >= 11 is 1.28. The number of nitrogens with one attached hydrogen (secondary N) is 2. The maximum Gasteiger partial charge on any atom is 0.256 e. The Labute approximate surface area is 131 Å². The number of aryl methyl sites for hydroxylation is 1. The summed E-state index contributed by atoms with van der Waals surface area (Å²) in [6.07, 6.45) is 0.832. The summed E-state index contributed by atoms with van der Waals surface area (Å²) in [5.74, 6) is 0.663. The normalized spacial score (nSPS) is 10.8. The average molecular weight is 313 g/mol. The van der Waals surface area contributed by atoms with Crippen molar-refractivity contribution < 1.29 is 9.59 Å². The molecule has 0 atom stereocenters. The number of hydrogen-bond acceptors (Lipinski definition) is 4. The second kappa shape index (κ2) is 5.73. The number of hydrogen-bond donors (Lipinski definition) is 2. The van der Waals surface area contributed by atoms with E-state index in [1.54, 1.807) is 11.4 Å². The first kappa shape index (κ1) is 14.5. The van der Waals surface area contributed by atoms with Gasteiger partial charge in [-0.2, -0.15) is 0 Å². The number of Topliss-reactive ketones (excluding diaryl/α,β-unsaturated/α-hetero) is 1. The smallest absolute Gasteiger partial charge is 0.256 e. The van der Waals surface area contributed by atoms with Crippen LogP contribution in [0, 0.1) is 0 Å². The molecule has 0 saturated heterocycles. The molecule has 0 saturated carbocycles. The molecule has 0 fully saturated rings. The predicted molar refractivity (Wildman–Crippen MR) is 87.7 cm³/mol. The number of amides is 1. The molecule has 1 aromatic carbocycles. The summed E-state index contributed by atoms with van der Waals surface area (Å²) in [5, 5.41) is 4.53. The van der Waals surface area contributed by atoms with Crippen LogP contribution in [-0.4, -0.2) is 21.7 Å². The lowest BCUT2D eigenvalue weighted by atomic mass is 10.2. The molecule has 2 aromatic heterocycles. The minimum atomic E-state index is -0.224. The van der Waals surface area contributed by atoms with Crippen LogP contribution in [0.15, 0.2) is 29.6 Å². The van der Waals surface area contributed by atoms with Crippen molar-refractivity contribution in [3.63, 3.8) is 0 Å². The van der Waals surface area contributed by atoms with Gasteiger partial charge in [0.1, 0.15) is 5.82 Å². The number of anilines is 1. The maximum atomic E-state index is 12.2. The van der Waals surface area contributed by atoms with Gasteiger partial charge >= 0.3 is 0 Å². The minimum Gasteiger partial charge on any atom is -0.342 e. The molecule has 3 rings (SSSR count). The number of aromatic amines is 1. The van der Waals surface area contributed by atoms with Crippen molar-refractivity contribution in [3.05, 3.63) is 45.9 Å². The summed E-state index contributed by atoms with van der Waals surface area (Å²) in [6, 6.07) is 7.16. The van der Waals surface area contributed by atoms with E-state index in [1.165, 1.54) is 18.3 Å². The molecule has 0 aliphatic heterocycles. The molecular weight excluding hydrogens is 298 g/mol. The topological polar surface area (TPSA) is 74.8 Å². The van der Waals surface area contributed by atoms with E-state index in [4.69, 9.17) is 0 Å². The molecule has 0 radical (unpaired) electrons. The summed E-state index contributed by atoms with van der Waals surface area (Å²) in [4.78, 5) is 31.7. The SMILES string of the molecule is CCc1nc2ccc(NC(=O)c3csc(C(C)=O)c3)cc2[nH]1. The lowest BCUT2D eigenvalue weighted by Gasteiger charge is -2.03. The number of nitrogens with zero attached hydrogens (tertiary/aromatic N) is 1. The molecule has 0 unspecified atom stereocenters. The van der Waals surface area contributed by atoms with Gasteiger partial charge in [0.25, 0.3) is 5.91 Å². The Hall–Kier alpha value is -2.47. The number of thiophene rings is 1. The van der Waals surface area contributed by atoms with E-state index in [1.807, 2.05) is 25.1 Å². The third-order valence-electron chi connectivity index (χ3n) is 3.33. The Balaban J connectivity index is 1.82. The lowest BCUT2D eigenvalue weighted by Crippen LogP contribution is -2.10. The van der Waals surface area contributed by atoms with E-state index in [9.17, 15) is 9.59 Å². The molecule has 3 aromatic rings. The number of imidazole rings is 1. The molecular formula is C16H15N3O2S. The number of carbonyl (C=O) groups is 2. The van der Waals surface area contributed by atoms with Crippen LogP contribution in [0.3, 0.4) is 0 Å². The molecule has 0 bridgehead atoms. The fraction of sp³-hybridized carbons (Fsp3) is 0.188. The summed E-state index contributed by atoms with van der Waals surface area (Å²) in [5.41, 5.74) is 2.96. The number of aromatic nitrogens is 2. The fourth-order valence-electron chi connectivity index (χ4n) is 2.15. The first-order valence-corrected chi connectivity index (χ1v) is 7.84. The first-order valence-electron chi connectivity index (χ1n) is 6.96. The Morgan fingerprint density at radius 2 is 2.14 bits per heavy atom. The van der Waals surface area contributed by atoms with Gasteiger partial charge in [-0.1, -0.05) is 6.92 Å². The minimum absolute atomic E-state index is 0.0324. The van der Waals surface area contributed by atoms with E-state index < -0.39 is 0 Å². The number of ketones is 1. The van der Waals surface area contributed by atoms with Crippen LogP contribution in [0.2, 0.25) is 0 Å². The Bertz CT molecular complexity index is 863. The fourth-order valence-corrected chi connectivity index (χ4v) is 2.94. The molecule has 1 amide bonds. The number of carbonyl (C=O) groups excluding carboxylic acids is 2. The average Bonchev–Trinajstić information content (AvgIpc) is 3.13. The summed E-state index contributed by atoms with van der Waals surface area (Å²) in [6.45, 7) is 3.52. The molecule has 112 valence electrons.